The summed E-state index contributed by atoms with van der Waals surface area (Å²) in [6, 6.07) is 0.433. The molecule has 1 fully saturated rings. The first kappa shape index (κ1) is 18.8. The van der Waals surface area contributed by atoms with Gasteiger partial charge in [-0.1, -0.05) is 27.7 Å². The van der Waals surface area contributed by atoms with E-state index in [-0.39, 0.29) is 12.0 Å². The molecule has 1 saturated heterocycles. The Morgan fingerprint density at radius 1 is 1.19 bits per heavy atom. The summed E-state index contributed by atoms with van der Waals surface area (Å²) in [6.07, 6.45) is -1.67. The third-order valence-corrected chi connectivity index (χ3v) is 4.94. The maximum atomic E-state index is 12.2. The van der Waals surface area contributed by atoms with E-state index in [1.54, 1.807) is 0 Å². The molecule has 1 N–H and O–H groups in total. The smallest absolute Gasteiger partial charge is 0.308 e. The van der Waals surface area contributed by atoms with Crippen LogP contribution in [0.1, 0.15) is 59.8 Å². The van der Waals surface area contributed by atoms with E-state index in [2.05, 4.69) is 37.9 Å². The number of rotatable bonds is 7. The second kappa shape index (κ2) is 7.82. The minimum absolute atomic E-state index is 0.134. The molecule has 1 unspecified atom stereocenters. The molecule has 1 rings (SSSR count). The van der Waals surface area contributed by atoms with Crippen molar-refractivity contribution >= 4 is 0 Å². The minimum atomic E-state index is -4.02. The SMILES string of the molecule is CCC1(CC)CN(CCCCC(F)(F)F)C(C(C)C)CN1. The standard InChI is InChI=1S/C16H31F3N2/c1-5-15(6-2)12-21(14(11-20-15)13(3)4)10-8-7-9-16(17,18)19/h13-14,20H,5-12H2,1-4H3. The van der Waals surface area contributed by atoms with Crippen molar-refractivity contribution in [2.45, 2.75) is 77.6 Å². The minimum Gasteiger partial charge on any atom is -0.308 e. The molecule has 0 spiro atoms. The quantitative estimate of drug-likeness (QED) is 0.709. The highest BCUT2D eigenvalue weighted by molar-refractivity contribution is 4.97. The Labute approximate surface area is 127 Å². The maximum Gasteiger partial charge on any atom is 0.389 e. The van der Waals surface area contributed by atoms with Gasteiger partial charge in [-0.25, -0.2) is 0 Å². The molecule has 1 heterocycles. The summed E-state index contributed by atoms with van der Waals surface area (Å²) in [4.78, 5) is 2.42. The zero-order valence-corrected chi connectivity index (χ0v) is 13.9. The summed E-state index contributed by atoms with van der Waals surface area (Å²) in [5, 5.41) is 3.69. The molecular weight excluding hydrogens is 277 g/mol. The van der Waals surface area contributed by atoms with Gasteiger partial charge in [0.25, 0.3) is 0 Å². The van der Waals surface area contributed by atoms with Crippen LogP contribution in [0.3, 0.4) is 0 Å². The van der Waals surface area contributed by atoms with Crippen LogP contribution < -0.4 is 5.32 Å². The lowest BCUT2D eigenvalue weighted by molar-refractivity contribution is -0.136. The largest absolute Gasteiger partial charge is 0.389 e. The molecule has 0 aromatic rings. The number of nitrogens with one attached hydrogen (secondary N) is 1. The van der Waals surface area contributed by atoms with E-state index in [0.717, 1.165) is 32.5 Å². The average molecular weight is 308 g/mol. The molecule has 0 saturated carbocycles. The van der Waals surface area contributed by atoms with Crippen molar-refractivity contribution in [2.24, 2.45) is 5.92 Å². The molecule has 21 heavy (non-hydrogen) atoms. The number of hydrogen-bond acceptors (Lipinski definition) is 2. The Balaban J connectivity index is 2.55. The molecule has 126 valence electrons. The van der Waals surface area contributed by atoms with Gasteiger partial charge < -0.3 is 5.32 Å². The summed E-state index contributed by atoms with van der Waals surface area (Å²) in [6.45, 7) is 11.4. The number of alkyl halides is 3. The van der Waals surface area contributed by atoms with Gasteiger partial charge >= 0.3 is 6.18 Å². The molecule has 0 aliphatic carbocycles. The Morgan fingerprint density at radius 2 is 1.81 bits per heavy atom. The number of nitrogens with zero attached hydrogens (tertiary/aromatic N) is 1. The van der Waals surface area contributed by atoms with E-state index < -0.39 is 12.6 Å². The zero-order chi connectivity index (χ0) is 16.1. The van der Waals surface area contributed by atoms with Gasteiger partial charge in [0, 0.05) is 31.1 Å². The lowest BCUT2D eigenvalue weighted by atomic mass is 9.86. The molecule has 2 nitrogen and oxygen atoms in total. The van der Waals surface area contributed by atoms with Crippen LogP contribution in [0.2, 0.25) is 0 Å². The fraction of sp³-hybridized carbons (Fsp3) is 1.00. The fourth-order valence-corrected chi connectivity index (χ4v) is 3.28. The normalized spacial score (nSPS) is 23.7. The van der Waals surface area contributed by atoms with Gasteiger partial charge in [-0.2, -0.15) is 13.2 Å². The highest BCUT2D eigenvalue weighted by Gasteiger charge is 2.37. The van der Waals surface area contributed by atoms with Crippen LogP contribution in [0.25, 0.3) is 0 Å². The monoisotopic (exact) mass is 308 g/mol. The first-order valence-corrected chi connectivity index (χ1v) is 8.29. The van der Waals surface area contributed by atoms with E-state index in [9.17, 15) is 13.2 Å². The molecule has 1 aliphatic rings. The van der Waals surface area contributed by atoms with Crippen molar-refractivity contribution in [3.63, 3.8) is 0 Å². The van der Waals surface area contributed by atoms with Gasteiger partial charge in [0.2, 0.25) is 0 Å². The van der Waals surface area contributed by atoms with Crippen molar-refractivity contribution < 1.29 is 13.2 Å². The average Bonchev–Trinajstić information content (AvgIpc) is 2.42. The summed E-state index contributed by atoms with van der Waals surface area (Å²) < 4.78 is 36.7. The molecular formula is C16H31F3N2. The van der Waals surface area contributed by atoms with Gasteiger partial charge in [-0.3, -0.25) is 4.90 Å². The first-order chi connectivity index (χ1) is 9.73. The second-order valence-corrected chi connectivity index (χ2v) is 6.72. The Hall–Kier alpha value is -0.290. The zero-order valence-electron chi connectivity index (χ0n) is 13.9. The van der Waals surface area contributed by atoms with Crippen LogP contribution in [-0.4, -0.2) is 42.3 Å². The number of hydrogen-bond donors (Lipinski definition) is 1. The third kappa shape index (κ3) is 5.78. The van der Waals surface area contributed by atoms with Crippen LogP contribution in [0.4, 0.5) is 13.2 Å². The predicted octanol–water partition coefficient (Wildman–Crippen LogP) is 4.21. The van der Waals surface area contributed by atoms with Crippen molar-refractivity contribution in [3.8, 4) is 0 Å². The van der Waals surface area contributed by atoms with Crippen LogP contribution in [0, 0.1) is 5.92 Å². The molecule has 1 atom stereocenters. The second-order valence-electron chi connectivity index (χ2n) is 6.72. The molecule has 0 bridgehead atoms. The predicted molar refractivity (Wildman–Crippen MR) is 81.4 cm³/mol. The lowest BCUT2D eigenvalue weighted by Gasteiger charge is -2.49. The van der Waals surface area contributed by atoms with Crippen LogP contribution >= 0.6 is 0 Å². The van der Waals surface area contributed by atoms with E-state index in [1.165, 1.54) is 0 Å². The van der Waals surface area contributed by atoms with E-state index in [1.807, 2.05) is 0 Å². The van der Waals surface area contributed by atoms with E-state index in [0.29, 0.717) is 18.4 Å². The third-order valence-electron chi connectivity index (χ3n) is 4.94. The van der Waals surface area contributed by atoms with Crippen LogP contribution in [-0.2, 0) is 0 Å². The Bertz CT molecular complexity index is 298. The molecule has 0 amide bonds. The van der Waals surface area contributed by atoms with Crippen molar-refractivity contribution in [1.29, 1.82) is 0 Å². The van der Waals surface area contributed by atoms with Gasteiger partial charge in [0.05, 0.1) is 0 Å². The fourth-order valence-electron chi connectivity index (χ4n) is 3.28. The highest BCUT2D eigenvalue weighted by atomic mass is 19.4. The van der Waals surface area contributed by atoms with Gasteiger partial charge in [-0.15, -0.1) is 0 Å². The first-order valence-electron chi connectivity index (χ1n) is 8.29. The molecule has 0 aromatic heterocycles. The Morgan fingerprint density at radius 3 is 2.29 bits per heavy atom. The van der Waals surface area contributed by atoms with Gasteiger partial charge in [0.15, 0.2) is 0 Å². The summed E-state index contributed by atoms with van der Waals surface area (Å²) in [7, 11) is 0. The number of unbranched alkanes of at least 4 members (excludes halogenated alkanes) is 1. The van der Waals surface area contributed by atoms with Crippen molar-refractivity contribution in [3.05, 3.63) is 0 Å². The van der Waals surface area contributed by atoms with E-state index in [4.69, 9.17) is 0 Å². The highest BCUT2D eigenvalue weighted by Crippen LogP contribution is 2.27. The Kier molecular flexibility index (Phi) is 6.98. The van der Waals surface area contributed by atoms with Crippen molar-refractivity contribution in [1.82, 2.24) is 10.2 Å². The molecule has 5 heteroatoms. The van der Waals surface area contributed by atoms with Crippen molar-refractivity contribution in [2.75, 3.05) is 19.6 Å². The molecule has 0 radical (unpaired) electrons. The summed E-state index contributed by atoms with van der Waals surface area (Å²) in [5.74, 6) is 0.520. The van der Waals surface area contributed by atoms with Crippen LogP contribution in [0.15, 0.2) is 0 Å². The topological polar surface area (TPSA) is 15.3 Å². The van der Waals surface area contributed by atoms with Crippen LogP contribution in [0.5, 0.6) is 0 Å². The summed E-state index contributed by atoms with van der Waals surface area (Å²) >= 11 is 0. The van der Waals surface area contributed by atoms with Gasteiger partial charge in [0.1, 0.15) is 0 Å². The molecule has 0 aromatic carbocycles. The maximum absolute atomic E-state index is 12.2. The lowest BCUT2D eigenvalue weighted by Crippen LogP contribution is -2.65. The number of halogens is 3. The number of piperazine rings is 1. The summed E-state index contributed by atoms with van der Waals surface area (Å²) in [5.41, 5.74) is 0.134. The molecule has 1 aliphatic heterocycles. The van der Waals surface area contributed by atoms with Gasteiger partial charge in [-0.05, 0) is 38.1 Å². The van der Waals surface area contributed by atoms with E-state index >= 15 is 0 Å².